The largest absolute Gasteiger partial charge is 0.382 e. The molecule has 0 saturated carbocycles. The smallest absolute Gasteiger partial charge is 0.0477 e. The molecule has 0 bridgehead atoms. The Labute approximate surface area is 87.7 Å². The first kappa shape index (κ1) is 9.84. The molecule has 0 unspecified atom stereocenters. The third-order valence-corrected chi connectivity index (χ3v) is 2.83. The zero-order valence-electron chi connectivity index (χ0n) is 7.47. The molecule has 12 heavy (non-hydrogen) atoms. The number of halogens is 1. The molecular weight excluding hydrogens is 261 g/mol. The molecule has 0 aromatic heterocycles. The van der Waals surface area contributed by atoms with Crippen LogP contribution in [0.3, 0.4) is 0 Å². The van der Waals surface area contributed by atoms with Crippen molar-refractivity contribution in [1.82, 2.24) is 0 Å². The highest BCUT2D eigenvalue weighted by molar-refractivity contribution is 14.1. The van der Waals surface area contributed by atoms with Crippen LogP contribution in [0.25, 0.3) is 0 Å². The summed E-state index contributed by atoms with van der Waals surface area (Å²) in [5, 5.41) is 3.45. The topological polar surface area (TPSA) is 12.0 Å². The summed E-state index contributed by atoms with van der Waals surface area (Å²) in [5.41, 5.74) is 1.24. The molecule has 0 saturated heterocycles. The molecule has 1 N–H and O–H groups in total. The molecule has 1 aromatic carbocycles. The molecular formula is C10H14IN. The SMILES string of the molecule is CC[C@H](C)Nc1ccccc1I. The third-order valence-electron chi connectivity index (χ3n) is 1.89. The van der Waals surface area contributed by atoms with Gasteiger partial charge in [-0.1, -0.05) is 19.1 Å². The van der Waals surface area contributed by atoms with Gasteiger partial charge in [-0.3, -0.25) is 0 Å². The Bertz CT molecular complexity index is 247. The van der Waals surface area contributed by atoms with Crippen molar-refractivity contribution < 1.29 is 0 Å². The minimum absolute atomic E-state index is 0.556. The summed E-state index contributed by atoms with van der Waals surface area (Å²) in [4.78, 5) is 0. The lowest BCUT2D eigenvalue weighted by Gasteiger charge is -2.13. The van der Waals surface area contributed by atoms with Gasteiger partial charge in [0.15, 0.2) is 0 Å². The van der Waals surface area contributed by atoms with Gasteiger partial charge in [-0.05, 0) is 48.1 Å². The van der Waals surface area contributed by atoms with Crippen LogP contribution in [0.4, 0.5) is 5.69 Å². The average Bonchev–Trinajstić information content (AvgIpc) is 2.09. The third kappa shape index (κ3) is 2.66. The van der Waals surface area contributed by atoms with Crippen LogP contribution in [0.5, 0.6) is 0 Å². The molecule has 1 nitrogen and oxygen atoms in total. The molecule has 1 aromatic rings. The predicted molar refractivity (Wildman–Crippen MR) is 62.5 cm³/mol. The highest BCUT2D eigenvalue weighted by Crippen LogP contribution is 2.18. The molecule has 0 aliphatic rings. The van der Waals surface area contributed by atoms with Crippen molar-refractivity contribution in [2.75, 3.05) is 5.32 Å². The lowest BCUT2D eigenvalue weighted by atomic mass is 10.2. The van der Waals surface area contributed by atoms with E-state index in [1.165, 1.54) is 9.26 Å². The highest BCUT2D eigenvalue weighted by atomic mass is 127. The van der Waals surface area contributed by atoms with E-state index < -0.39 is 0 Å². The van der Waals surface area contributed by atoms with Gasteiger partial charge in [0, 0.05) is 15.3 Å². The van der Waals surface area contributed by atoms with Gasteiger partial charge in [0.2, 0.25) is 0 Å². The van der Waals surface area contributed by atoms with E-state index in [0.717, 1.165) is 6.42 Å². The Kier molecular flexibility index (Phi) is 3.85. The van der Waals surface area contributed by atoms with Crippen molar-refractivity contribution in [3.05, 3.63) is 27.8 Å². The molecule has 0 aliphatic heterocycles. The van der Waals surface area contributed by atoms with Crippen LogP contribution in [0, 0.1) is 3.57 Å². The first-order valence-corrected chi connectivity index (χ1v) is 5.33. The number of nitrogens with one attached hydrogen (secondary N) is 1. The summed E-state index contributed by atoms with van der Waals surface area (Å²) in [6.07, 6.45) is 1.16. The van der Waals surface area contributed by atoms with Gasteiger partial charge in [-0.25, -0.2) is 0 Å². The van der Waals surface area contributed by atoms with Crippen LogP contribution in [0.15, 0.2) is 24.3 Å². The minimum Gasteiger partial charge on any atom is -0.382 e. The van der Waals surface area contributed by atoms with E-state index in [-0.39, 0.29) is 0 Å². The number of hydrogen-bond acceptors (Lipinski definition) is 1. The molecule has 0 aliphatic carbocycles. The van der Waals surface area contributed by atoms with Gasteiger partial charge in [-0.2, -0.15) is 0 Å². The molecule has 0 spiro atoms. The summed E-state index contributed by atoms with van der Waals surface area (Å²) in [6, 6.07) is 8.91. The first-order valence-electron chi connectivity index (χ1n) is 4.25. The second kappa shape index (κ2) is 4.70. The summed E-state index contributed by atoms with van der Waals surface area (Å²) in [7, 11) is 0. The number of para-hydroxylation sites is 1. The summed E-state index contributed by atoms with van der Waals surface area (Å²) in [6.45, 7) is 4.39. The van der Waals surface area contributed by atoms with Gasteiger partial charge in [0.1, 0.15) is 0 Å². The zero-order chi connectivity index (χ0) is 8.97. The monoisotopic (exact) mass is 275 g/mol. The van der Waals surface area contributed by atoms with Gasteiger partial charge in [0.25, 0.3) is 0 Å². The van der Waals surface area contributed by atoms with Crippen LogP contribution in [-0.4, -0.2) is 6.04 Å². The second-order valence-corrected chi connectivity index (χ2v) is 4.10. The minimum atomic E-state index is 0.556. The van der Waals surface area contributed by atoms with Crippen LogP contribution >= 0.6 is 22.6 Å². The fourth-order valence-corrected chi connectivity index (χ4v) is 1.49. The van der Waals surface area contributed by atoms with Crippen LogP contribution in [-0.2, 0) is 0 Å². The zero-order valence-corrected chi connectivity index (χ0v) is 9.63. The average molecular weight is 275 g/mol. The van der Waals surface area contributed by atoms with Crippen molar-refractivity contribution in [3.8, 4) is 0 Å². The number of benzene rings is 1. The second-order valence-electron chi connectivity index (χ2n) is 2.93. The van der Waals surface area contributed by atoms with Crippen LogP contribution in [0.2, 0.25) is 0 Å². The van der Waals surface area contributed by atoms with Crippen LogP contribution < -0.4 is 5.32 Å². The first-order chi connectivity index (χ1) is 5.74. The molecule has 0 heterocycles. The maximum Gasteiger partial charge on any atom is 0.0477 e. The Morgan fingerprint density at radius 2 is 2.08 bits per heavy atom. The molecule has 0 fully saturated rings. The lowest BCUT2D eigenvalue weighted by Crippen LogP contribution is -2.13. The van der Waals surface area contributed by atoms with E-state index in [1.807, 2.05) is 0 Å². The lowest BCUT2D eigenvalue weighted by molar-refractivity contribution is 0.763. The van der Waals surface area contributed by atoms with Crippen molar-refractivity contribution in [1.29, 1.82) is 0 Å². The summed E-state index contributed by atoms with van der Waals surface area (Å²) in [5.74, 6) is 0. The van der Waals surface area contributed by atoms with E-state index in [9.17, 15) is 0 Å². The normalized spacial score (nSPS) is 12.6. The quantitative estimate of drug-likeness (QED) is 0.832. The fraction of sp³-hybridized carbons (Fsp3) is 0.400. The van der Waals surface area contributed by atoms with E-state index in [2.05, 4.69) is 66.0 Å². The number of anilines is 1. The predicted octanol–water partition coefficient (Wildman–Crippen LogP) is 3.50. The molecule has 66 valence electrons. The Hall–Kier alpha value is -0.250. The van der Waals surface area contributed by atoms with E-state index in [1.54, 1.807) is 0 Å². The van der Waals surface area contributed by atoms with Crippen molar-refractivity contribution in [2.24, 2.45) is 0 Å². The van der Waals surface area contributed by atoms with Crippen molar-refractivity contribution in [3.63, 3.8) is 0 Å². The molecule has 0 radical (unpaired) electrons. The number of rotatable bonds is 3. The van der Waals surface area contributed by atoms with Gasteiger partial charge in [-0.15, -0.1) is 0 Å². The van der Waals surface area contributed by atoms with Crippen molar-refractivity contribution >= 4 is 28.3 Å². The molecule has 2 heteroatoms. The van der Waals surface area contributed by atoms with Crippen LogP contribution in [0.1, 0.15) is 20.3 Å². The Morgan fingerprint density at radius 1 is 1.42 bits per heavy atom. The summed E-state index contributed by atoms with van der Waals surface area (Å²) >= 11 is 2.35. The maximum absolute atomic E-state index is 3.45. The molecule has 0 amide bonds. The van der Waals surface area contributed by atoms with Gasteiger partial charge in [0.05, 0.1) is 0 Å². The Balaban J connectivity index is 2.69. The van der Waals surface area contributed by atoms with Crippen molar-refractivity contribution in [2.45, 2.75) is 26.3 Å². The fourth-order valence-electron chi connectivity index (χ4n) is 0.946. The van der Waals surface area contributed by atoms with E-state index >= 15 is 0 Å². The Morgan fingerprint density at radius 3 is 2.67 bits per heavy atom. The highest BCUT2D eigenvalue weighted by Gasteiger charge is 2.00. The maximum atomic E-state index is 3.45. The summed E-state index contributed by atoms with van der Waals surface area (Å²) < 4.78 is 1.29. The standard InChI is InChI=1S/C10H14IN/c1-3-8(2)12-10-7-5-4-6-9(10)11/h4-8,12H,3H2,1-2H3/t8-/m0/s1. The molecule has 1 rings (SSSR count). The van der Waals surface area contributed by atoms with E-state index in [0.29, 0.717) is 6.04 Å². The van der Waals surface area contributed by atoms with E-state index in [4.69, 9.17) is 0 Å². The van der Waals surface area contributed by atoms with Gasteiger partial charge >= 0.3 is 0 Å². The van der Waals surface area contributed by atoms with Gasteiger partial charge < -0.3 is 5.32 Å². The number of hydrogen-bond donors (Lipinski definition) is 1. The molecule has 1 atom stereocenters.